The van der Waals surface area contributed by atoms with Crippen LogP contribution in [-0.2, 0) is 9.53 Å². The van der Waals surface area contributed by atoms with Crippen LogP contribution < -0.4 is 5.73 Å². The quantitative estimate of drug-likeness (QED) is 0.394. The average Bonchev–Trinajstić information content (AvgIpc) is 1.33. The van der Waals surface area contributed by atoms with Gasteiger partial charge in [0.25, 0.3) is 0 Å². The number of rotatable bonds is 0. The van der Waals surface area contributed by atoms with Crippen molar-refractivity contribution in [1.29, 1.82) is 0 Å². The molecule has 0 aromatic rings. The molecule has 0 aromatic carbocycles. The van der Waals surface area contributed by atoms with Gasteiger partial charge in [0, 0.05) is 0 Å². The van der Waals surface area contributed by atoms with E-state index in [1.807, 2.05) is 0 Å². The fraction of sp³-hybridized carbons (Fsp3) is 0.667. The number of cyclic esters (lactones) is 1. The van der Waals surface area contributed by atoms with Crippen LogP contribution in [0.2, 0.25) is 0 Å². The molecule has 1 fully saturated rings. The van der Waals surface area contributed by atoms with Crippen molar-refractivity contribution in [1.82, 2.24) is 0 Å². The van der Waals surface area contributed by atoms with Gasteiger partial charge in [0.2, 0.25) is 0 Å². The van der Waals surface area contributed by atoms with Gasteiger partial charge in [-0.3, -0.25) is 10.5 Å². The van der Waals surface area contributed by atoms with E-state index in [0.717, 1.165) is 0 Å². The Hall–Kier alpha value is -0.570. The van der Waals surface area contributed by atoms with Crippen molar-refractivity contribution in [3.8, 4) is 0 Å². The van der Waals surface area contributed by atoms with E-state index in [1.54, 1.807) is 0 Å². The van der Waals surface area contributed by atoms with Gasteiger partial charge in [-0.15, -0.1) is 0 Å². The van der Waals surface area contributed by atoms with Gasteiger partial charge in [-0.1, -0.05) is 0 Å². The van der Waals surface area contributed by atoms with E-state index in [2.05, 4.69) is 4.74 Å². The van der Waals surface area contributed by atoms with Gasteiger partial charge in [-0.05, 0) is 0 Å². The van der Waals surface area contributed by atoms with E-state index in [0.29, 0.717) is 6.42 Å². The number of ether oxygens (including phenoxy) is 1. The predicted octanol–water partition coefficient (Wildman–Crippen LogP) is -0.782. The van der Waals surface area contributed by atoms with Crippen LogP contribution in [0.25, 0.3) is 0 Å². The number of esters is 1. The molecule has 0 unspecified atom stereocenters. The fourth-order valence-corrected chi connectivity index (χ4v) is 0.323. The summed E-state index contributed by atoms with van der Waals surface area (Å²) in [5.74, 6) is -0.192. The van der Waals surface area contributed by atoms with Gasteiger partial charge in [0.05, 0.1) is 6.42 Å². The Kier molecular flexibility index (Phi) is 0.569. The molecule has 1 heterocycles. The summed E-state index contributed by atoms with van der Waals surface area (Å²) in [6, 6.07) is 0. The molecule has 1 atom stereocenters. The van der Waals surface area contributed by atoms with E-state index < -0.39 is 0 Å². The molecule has 3 nitrogen and oxygen atoms in total. The predicted molar refractivity (Wildman–Crippen MR) is 18.7 cm³/mol. The average molecular weight is 87.1 g/mol. The summed E-state index contributed by atoms with van der Waals surface area (Å²) in [4.78, 5) is 9.81. The Morgan fingerprint density at radius 1 is 2.00 bits per heavy atom. The summed E-state index contributed by atoms with van der Waals surface area (Å²) < 4.78 is 4.28. The smallest absolute Gasteiger partial charge is 0.312 e. The first-order valence-electron chi connectivity index (χ1n) is 1.74. The Morgan fingerprint density at radius 3 is 2.50 bits per heavy atom. The number of carbonyl (C=O) groups is 1. The van der Waals surface area contributed by atoms with Crippen LogP contribution in [0.5, 0.6) is 0 Å². The molecule has 2 N–H and O–H groups in total. The summed E-state index contributed by atoms with van der Waals surface area (Å²) in [7, 11) is 0. The number of carbonyl (C=O) groups excluding carboxylic acids is 1. The highest BCUT2D eigenvalue weighted by molar-refractivity contribution is 5.74. The van der Waals surface area contributed by atoms with Crippen LogP contribution in [-0.4, -0.2) is 12.2 Å². The molecule has 1 aliphatic rings. The Morgan fingerprint density at radius 2 is 2.50 bits per heavy atom. The van der Waals surface area contributed by atoms with Crippen molar-refractivity contribution in [2.45, 2.75) is 12.6 Å². The van der Waals surface area contributed by atoms with Crippen molar-refractivity contribution in [2.24, 2.45) is 5.73 Å². The maximum Gasteiger partial charge on any atom is 0.312 e. The van der Waals surface area contributed by atoms with Crippen molar-refractivity contribution >= 4 is 5.97 Å². The highest BCUT2D eigenvalue weighted by Gasteiger charge is 2.23. The van der Waals surface area contributed by atoms with Crippen LogP contribution in [0.15, 0.2) is 0 Å². The van der Waals surface area contributed by atoms with Gasteiger partial charge in [-0.2, -0.15) is 0 Å². The first kappa shape index (κ1) is 3.61. The first-order valence-corrected chi connectivity index (χ1v) is 1.74. The normalized spacial score (nSPS) is 31.5. The summed E-state index contributed by atoms with van der Waals surface area (Å²) in [6.07, 6.45) is 0.0810. The molecule has 0 aromatic heterocycles. The lowest BCUT2D eigenvalue weighted by Gasteiger charge is -2.19. The fourth-order valence-electron chi connectivity index (χ4n) is 0.323. The number of hydrogen-bond donors (Lipinski definition) is 1. The van der Waals surface area contributed by atoms with Gasteiger partial charge < -0.3 is 4.74 Å². The van der Waals surface area contributed by atoms with Crippen molar-refractivity contribution < 1.29 is 9.53 Å². The van der Waals surface area contributed by atoms with E-state index in [4.69, 9.17) is 5.73 Å². The number of hydrogen-bond acceptors (Lipinski definition) is 3. The second kappa shape index (κ2) is 0.944. The second-order valence-electron chi connectivity index (χ2n) is 1.23. The van der Waals surface area contributed by atoms with Crippen molar-refractivity contribution in [3.63, 3.8) is 0 Å². The second-order valence-corrected chi connectivity index (χ2v) is 1.23. The lowest BCUT2D eigenvalue weighted by atomic mass is 10.3. The highest BCUT2D eigenvalue weighted by atomic mass is 16.6. The topological polar surface area (TPSA) is 52.3 Å². The van der Waals surface area contributed by atoms with Gasteiger partial charge in [-0.25, -0.2) is 0 Å². The summed E-state index contributed by atoms with van der Waals surface area (Å²) in [5, 5.41) is 0. The first-order chi connectivity index (χ1) is 2.79. The molecular weight excluding hydrogens is 82.0 g/mol. The van der Waals surface area contributed by atoms with Crippen LogP contribution in [0.1, 0.15) is 6.42 Å². The van der Waals surface area contributed by atoms with Crippen molar-refractivity contribution in [2.75, 3.05) is 0 Å². The number of nitrogens with two attached hydrogens (primary N) is 1. The van der Waals surface area contributed by atoms with Crippen LogP contribution in [0, 0.1) is 0 Å². The lowest BCUT2D eigenvalue weighted by Crippen LogP contribution is -2.39. The van der Waals surface area contributed by atoms with E-state index in [9.17, 15) is 4.79 Å². The molecule has 0 aliphatic carbocycles. The Balaban J connectivity index is 2.28. The Bertz CT molecular complexity index is 72.9. The molecule has 1 rings (SSSR count). The third-order valence-electron chi connectivity index (χ3n) is 0.651. The van der Waals surface area contributed by atoms with Gasteiger partial charge in [0.15, 0.2) is 6.23 Å². The van der Waals surface area contributed by atoms with E-state index >= 15 is 0 Å². The molecule has 0 bridgehead atoms. The SMILES string of the molecule is N[C@H]1CC(=O)O1. The summed E-state index contributed by atoms with van der Waals surface area (Å²) in [6.45, 7) is 0. The summed E-state index contributed by atoms with van der Waals surface area (Å²) >= 11 is 0. The molecule has 0 radical (unpaired) electrons. The maximum atomic E-state index is 9.81. The van der Waals surface area contributed by atoms with E-state index in [-0.39, 0.29) is 12.2 Å². The molecule has 0 amide bonds. The molecule has 1 aliphatic heterocycles. The van der Waals surface area contributed by atoms with Crippen LogP contribution >= 0.6 is 0 Å². The zero-order valence-corrected chi connectivity index (χ0v) is 3.18. The molecule has 0 spiro atoms. The zero-order chi connectivity index (χ0) is 4.57. The van der Waals surface area contributed by atoms with Crippen LogP contribution in [0.3, 0.4) is 0 Å². The molecule has 3 heteroatoms. The molecule has 1 saturated heterocycles. The largest absolute Gasteiger partial charge is 0.446 e. The summed E-state index contributed by atoms with van der Waals surface area (Å²) in [5.41, 5.74) is 5.03. The molecule has 0 saturated carbocycles. The van der Waals surface area contributed by atoms with Crippen molar-refractivity contribution in [3.05, 3.63) is 0 Å². The molecular formula is C3H5NO2. The minimum atomic E-state index is -0.308. The van der Waals surface area contributed by atoms with Crippen LogP contribution in [0.4, 0.5) is 0 Å². The zero-order valence-electron chi connectivity index (χ0n) is 3.18. The highest BCUT2D eigenvalue weighted by Crippen LogP contribution is 2.04. The monoisotopic (exact) mass is 87.0 g/mol. The minimum absolute atomic E-state index is 0.192. The molecule has 34 valence electrons. The maximum absolute atomic E-state index is 9.81. The standard InChI is InChI=1S/C3H5NO2/c4-2-1-3(5)6-2/h2H,1,4H2/t2-/m1/s1. The third kappa shape index (κ3) is 0.367. The van der Waals surface area contributed by atoms with Gasteiger partial charge in [0.1, 0.15) is 0 Å². The Labute approximate surface area is 35.1 Å². The minimum Gasteiger partial charge on any atom is -0.446 e. The third-order valence-corrected chi connectivity index (χ3v) is 0.651. The van der Waals surface area contributed by atoms with E-state index in [1.165, 1.54) is 0 Å². The van der Waals surface area contributed by atoms with Gasteiger partial charge >= 0.3 is 5.97 Å². The lowest BCUT2D eigenvalue weighted by molar-refractivity contribution is -0.168. The molecule has 6 heavy (non-hydrogen) atoms.